The number of anilines is 1. The molecule has 0 unspecified atom stereocenters. The molecular formula is C14H22N4O5S. The molecule has 1 aliphatic heterocycles. The van der Waals surface area contributed by atoms with Gasteiger partial charge in [-0.05, 0) is 19.9 Å². The van der Waals surface area contributed by atoms with Crippen molar-refractivity contribution in [3.63, 3.8) is 0 Å². The summed E-state index contributed by atoms with van der Waals surface area (Å²) in [5, 5.41) is 19.1. The van der Waals surface area contributed by atoms with E-state index in [1.165, 1.54) is 12.1 Å². The van der Waals surface area contributed by atoms with Crippen molar-refractivity contribution in [2.45, 2.75) is 24.3 Å². The lowest BCUT2D eigenvalue weighted by atomic mass is 10.0. The highest BCUT2D eigenvalue weighted by molar-refractivity contribution is 7.89. The standard InChI is InChI=1S/C14H22N4O5S/c1-14(2,17-5-7-23-8-6-17)10-16-12-4-3-11(18(19)20)9-13(12)24(15,21)22/h3-4,9,16H,5-8,10H2,1-2H3,(H2,15,21,22). The first-order chi connectivity index (χ1) is 11.1. The zero-order chi connectivity index (χ0) is 18.0. The molecule has 1 fully saturated rings. The summed E-state index contributed by atoms with van der Waals surface area (Å²) in [4.78, 5) is 12.1. The van der Waals surface area contributed by atoms with Crippen molar-refractivity contribution >= 4 is 21.4 Å². The Morgan fingerprint density at radius 2 is 2.00 bits per heavy atom. The van der Waals surface area contributed by atoms with E-state index in [-0.39, 0.29) is 21.8 Å². The molecule has 2 rings (SSSR count). The van der Waals surface area contributed by atoms with Crippen LogP contribution >= 0.6 is 0 Å². The number of sulfonamides is 1. The Balaban J connectivity index is 2.21. The Morgan fingerprint density at radius 1 is 1.38 bits per heavy atom. The molecule has 0 spiro atoms. The third kappa shape index (κ3) is 4.41. The number of non-ortho nitro benzene ring substituents is 1. The van der Waals surface area contributed by atoms with Crippen LogP contribution < -0.4 is 10.5 Å². The van der Waals surface area contributed by atoms with E-state index in [2.05, 4.69) is 10.2 Å². The van der Waals surface area contributed by atoms with Crippen LogP contribution in [0.15, 0.2) is 23.1 Å². The summed E-state index contributed by atoms with van der Waals surface area (Å²) in [6.07, 6.45) is 0. The largest absolute Gasteiger partial charge is 0.382 e. The van der Waals surface area contributed by atoms with Crippen molar-refractivity contribution in [1.29, 1.82) is 0 Å². The Hall–Kier alpha value is -1.75. The topological polar surface area (TPSA) is 128 Å². The first-order valence-electron chi connectivity index (χ1n) is 7.49. The van der Waals surface area contributed by atoms with Crippen LogP contribution in [0.1, 0.15) is 13.8 Å². The van der Waals surface area contributed by atoms with Gasteiger partial charge in [0.1, 0.15) is 4.90 Å². The average Bonchev–Trinajstić information content (AvgIpc) is 2.52. The smallest absolute Gasteiger partial charge is 0.270 e. The summed E-state index contributed by atoms with van der Waals surface area (Å²) in [6.45, 7) is 7.41. The average molecular weight is 358 g/mol. The molecule has 0 radical (unpaired) electrons. The summed E-state index contributed by atoms with van der Waals surface area (Å²) in [5.41, 5.74) is -0.317. The van der Waals surface area contributed by atoms with Gasteiger partial charge >= 0.3 is 0 Å². The number of hydrogen-bond acceptors (Lipinski definition) is 7. The lowest BCUT2D eigenvalue weighted by Gasteiger charge is -2.41. The van der Waals surface area contributed by atoms with Gasteiger partial charge in [0.15, 0.2) is 0 Å². The van der Waals surface area contributed by atoms with Crippen LogP contribution in [0, 0.1) is 10.1 Å². The van der Waals surface area contributed by atoms with Crippen LogP contribution in [0.5, 0.6) is 0 Å². The van der Waals surface area contributed by atoms with Crippen molar-refractivity contribution in [3.8, 4) is 0 Å². The molecule has 0 amide bonds. The van der Waals surface area contributed by atoms with Crippen LogP contribution in [0.25, 0.3) is 0 Å². The second-order valence-corrected chi connectivity index (χ2v) is 7.78. The third-order valence-electron chi connectivity index (χ3n) is 4.06. The summed E-state index contributed by atoms with van der Waals surface area (Å²) in [5.74, 6) is 0. The van der Waals surface area contributed by atoms with E-state index in [0.717, 1.165) is 19.2 Å². The second-order valence-electron chi connectivity index (χ2n) is 6.25. The van der Waals surface area contributed by atoms with Gasteiger partial charge in [-0.15, -0.1) is 0 Å². The molecule has 0 aliphatic carbocycles. The van der Waals surface area contributed by atoms with Gasteiger partial charge in [-0.25, -0.2) is 13.6 Å². The molecule has 9 nitrogen and oxygen atoms in total. The predicted octanol–water partition coefficient (Wildman–Crippen LogP) is 0.765. The summed E-state index contributed by atoms with van der Waals surface area (Å²) in [6, 6.07) is 3.59. The minimum Gasteiger partial charge on any atom is -0.382 e. The van der Waals surface area contributed by atoms with E-state index in [0.29, 0.717) is 19.8 Å². The van der Waals surface area contributed by atoms with Gasteiger partial charge in [-0.3, -0.25) is 15.0 Å². The summed E-state index contributed by atoms with van der Waals surface area (Å²) >= 11 is 0. The SMILES string of the molecule is CC(C)(CNc1ccc([N+](=O)[O-])cc1S(N)(=O)=O)N1CCOCC1. The van der Waals surface area contributed by atoms with Crippen LogP contribution in [0.2, 0.25) is 0 Å². The first kappa shape index (κ1) is 18.6. The molecule has 0 aromatic heterocycles. The Labute approximate surface area is 141 Å². The Morgan fingerprint density at radius 3 is 2.54 bits per heavy atom. The van der Waals surface area contributed by atoms with Crippen LogP contribution in [-0.2, 0) is 14.8 Å². The first-order valence-corrected chi connectivity index (χ1v) is 9.04. The molecule has 10 heteroatoms. The number of nitrogens with one attached hydrogen (secondary N) is 1. The van der Waals surface area contributed by atoms with E-state index in [1.54, 1.807) is 0 Å². The fourth-order valence-electron chi connectivity index (χ4n) is 2.60. The molecule has 3 N–H and O–H groups in total. The molecule has 1 aromatic rings. The Bertz CT molecular complexity index is 714. The molecule has 24 heavy (non-hydrogen) atoms. The third-order valence-corrected chi connectivity index (χ3v) is 5.01. The predicted molar refractivity (Wildman–Crippen MR) is 89.4 cm³/mol. The molecule has 1 saturated heterocycles. The fraction of sp³-hybridized carbons (Fsp3) is 0.571. The number of primary sulfonamides is 1. The van der Waals surface area contributed by atoms with E-state index in [1.807, 2.05) is 13.8 Å². The van der Waals surface area contributed by atoms with E-state index in [9.17, 15) is 18.5 Å². The van der Waals surface area contributed by atoms with E-state index in [4.69, 9.17) is 9.88 Å². The van der Waals surface area contributed by atoms with Gasteiger partial charge in [-0.1, -0.05) is 0 Å². The number of nitrogens with zero attached hydrogens (tertiary/aromatic N) is 2. The number of nitro groups is 1. The molecule has 1 aliphatic rings. The highest BCUT2D eigenvalue weighted by Crippen LogP contribution is 2.26. The summed E-state index contributed by atoms with van der Waals surface area (Å²) in [7, 11) is -4.08. The van der Waals surface area contributed by atoms with Crippen molar-refractivity contribution in [3.05, 3.63) is 28.3 Å². The zero-order valence-corrected chi connectivity index (χ0v) is 14.5. The van der Waals surface area contributed by atoms with E-state index < -0.39 is 14.9 Å². The minimum absolute atomic E-state index is 0.249. The van der Waals surface area contributed by atoms with Crippen molar-refractivity contribution < 1.29 is 18.1 Å². The quantitative estimate of drug-likeness (QED) is 0.567. The molecule has 0 bridgehead atoms. The highest BCUT2D eigenvalue weighted by Gasteiger charge is 2.29. The fourth-order valence-corrected chi connectivity index (χ4v) is 3.33. The zero-order valence-electron chi connectivity index (χ0n) is 13.7. The van der Waals surface area contributed by atoms with Crippen molar-refractivity contribution in [2.24, 2.45) is 5.14 Å². The number of hydrogen-bond donors (Lipinski definition) is 2. The van der Waals surface area contributed by atoms with Gasteiger partial charge in [0.2, 0.25) is 10.0 Å². The van der Waals surface area contributed by atoms with Gasteiger partial charge in [-0.2, -0.15) is 0 Å². The van der Waals surface area contributed by atoms with E-state index >= 15 is 0 Å². The maximum absolute atomic E-state index is 11.7. The van der Waals surface area contributed by atoms with Crippen LogP contribution in [0.3, 0.4) is 0 Å². The number of rotatable bonds is 6. The second kappa shape index (κ2) is 7.01. The molecule has 0 saturated carbocycles. The number of morpholine rings is 1. The molecule has 134 valence electrons. The number of nitrogens with two attached hydrogens (primary N) is 1. The van der Waals surface area contributed by atoms with Crippen molar-refractivity contribution in [1.82, 2.24) is 4.90 Å². The lowest BCUT2D eigenvalue weighted by molar-refractivity contribution is -0.385. The van der Waals surface area contributed by atoms with Gasteiger partial charge in [0.05, 0.1) is 23.8 Å². The lowest BCUT2D eigenvalue weighted by Crippen LogP contribution is -2.53. The maximum Gasteiger partial charge on any atom is 0.270 e. The molecule has 1 aromatic carbocycles. The maximum atomic E-state index is 11.7. The molecule has 1 heterocycles. The van der Waals surface area contributed by atoms with Crippen molar-refractivity contribution in [2.75, 3.05) is 38.2 Å². The number of benzene rings is 1. The minimum atomic E-state index is -4.08. The normalized spacial score (nSPS) is 16.8. The summed E-state index contributed by atoms with van der Waals surface area (Å²) < 4.78 is 28.8. The van der Waals surface area contributed by atoms with Crippen LogP contribution in [0.4, 0.5) is 11.4 Å². The Kier molecular flexibility index (Phi) is 5.43. The molecular weight excluding hydrogens is 336 g/mol. The van der Waals surface area contributed by atoms with Gasteiger partial charge in [0.25, 0.3) is 5.69 Å². The molecule has 0 atom stereocenters. The monoisotopic (exact) mass is 358 g/mol. The number of nitro benzene ring substituents is 1. The number of ether oxygens (including phenoxy) is 1. The van der Waals surface area contributed by atoms with Crippen LogP contribution in [-0.4, -0.2) is 56.6 Å². The van der Waals surface area contributed by atoms with Gasteiger partial charge in [0, 0.05) is 37.3 Å². The highest BCUT2D eigenvalue weighted by atomic mass is 32.2. The van der Waals surface area contributed by atoms with Gasteiger partial charge < -0.3 is 10.1 Å².